The second-order valence-electron chi connectivity index (χ2n) is 6.02. The molecule has 1 aromatic rings. The number of carbonyl (C=O) groups excluding carboxylic acids is 1. The van der Waals surface area contributed by atoms with Gasteiger partial charge in [0, 0.05) is 37.2 Å². The van der Waals surface area contributed by atoms with Crippen LogP contribution in [0, 0.1) is 0 Å². The van der Waals surface area contributed by atoms with Gasteiger partial charge in [-0.2, -0.15) is 0 Å². The summed E-state index contributed by atoms with van der Waals surface area (Å²) in [5, 5.41) is 0.756. The lowest BCUT2D eigenvalue weighted by atomic mass is 10.1. The first-order valence-corrected chi connectivity index (χ1v) is 8.50. The molecular weight excluding hydrogens is 316 g/mol. The Labute approximate surface area is 142 Å². The Morgan fingerprint density at radius 1 is 1.17 bits per heavy atom. The van der Waals surface area contributed by atoms with E-state index in [0.29, 0.717) is 25.9 Å². The molecule has 2 saturated heterocycles. The standard InChI is InChI=1S/C17H23ClN2O3/c1-13(14-2-4-15(18)5-3-14)19-6-8-20(9-7-19)17(21)16-12-22-10-11-23-16/h2-5,13,16H,6-12H2,1H3/t13-,16-/m0/s1. The zero-order valence-corrected chi connectivity index (χ0v) is 14.2. The number of halogens is 1. The summed E-state index contributed by atoms with van der Waals surface area (Å²) < 4.78 is 10.8. The molecule has 3 rings (SSSR count). The summed E-state index contributed by atoms with van der Waals surface area (Å²) in [5.74, 6) is 0.0588. The van der Waals surface area contributed by atoms with Gasteiger partial charge in [0.1, 0.15) is 0 Å². The van der Waals surface area contributed by atoms with E-state index >= 15 is 0 Å². The third kappa shape index (κ3) is 4.04. The predicted octanol–water partition coefficient (Wildman–Crippen LogP) is 1.96. The maximum Gasteiger partial charge on any atom is 0.254 e. The topological polar surface area (TPSA) is 42.0 Å². The van der Waals surface area contributed by atoms with Crippen LogP contribution in [0.3, 0.4) is 0 Å². The molecule has 23 heavy (non-hydrogen) atoms. The van der Waals surface area contributed by atoms with Crippen LogP contribution in [0.5, 0.6) is 0 Å². The molecule has 1 amide bonds. The third-order valence-corrected chi connectivity index (χ3v) is 4.87. The minimum atomic E-state index is -0.427. The highest BCUT2D eigenvalue weighted by Gasteiger charge is 2.31. The molecule has 5 nitrogen and oxygen atoms in total. The van der Waals surface area contributed by atoms with E-state index in [2.05, 4.69) is 24.0 Å². The van der Waals surface area contributed by atoms with Gasteiger partial charge in [-0.05, 0) is 24.6 Å². The van der Waals surface area contributed by atoms with Crippen LogP contribution in [0.4, 0.5) is 0 Å². The van der Waals surface area contributed by atoms with Gasteiger partial charge in [0.05, 0.1) is 19.8 Å². The summed E-state index contributed by atoms with van der Waals surface area (Å²) in [4.78, 5) is 16.7. The Morgan fingerprint density at radius 2 is 1.87 bits per heavy atom. The maximum absolute atomic E-state index is 12.4. The second-order valence-corrected chi connectivity index (χ2v) is 6.46. The quantitative estimate of drug-likeness (QED) is 0.845. The van der Waals surface area contributed by atoms with Crippen LogP contribution in [-0.4, -0.2) is 67.8 Å². The van der Waals surface area contributed by atoms with Gasteiger partial charge >= 0.3 is 0 Å². The second kappa shape index (κ2) is 7.62. The van der Waals surface area contributed by atoms with Crippen LogP contribution < -0.4 is 0 Å². The van der Waals surface area contributed by atoms with Gasteiger partial charge in [-0.25, -0.2) is 0 Å². The van der Waals surface area contributed by atoms with E-state index in [0.717, 1.165) is 31.2 Å². The van der Waals surface area contributed by atoms with Crippen LogP contribution in [0.25, 0.3) is 0 Å². The molecule has 2 aliphatic rings. The third-order valence-electron chi connectivity index (χ3n) is 4.62. The highest BCUT2D eigenvalue weighted by Crippen LogP contribution is 2.23. The van der Waals surface area contributed by atoms with Crippen molar-refractivity contribution in [3.05, 3.63) is 34.9 Å². The first-order valence-electron chi connectivity index (χ1n) is 8.13. The normalized spacial score (nSPS) is 24.4. The summed E-state index contributed by atoms with van der Waals surface area (Å²) in [6.45, 7) is 6.85. The molecular formula is C17H23ClN2O3. The number of hydrogen-bond donors (Lipinski definition) is 0. The van der Waals surface area contributed by atoms with Gasteiger partial charge in [0.25, 0.3) is 5.91 Å². The molecule has 2 heterocycles. The van der Waals surface area contributed by atoms with Crippen LogP contribution in [0.15, 0.2) is 24.3 Å². The number of piperazine rings is 1. The van der Waals surface area contributed by atoms with Crippen molar-refractivity contribution in [3.63, 3.8) is 0 Å². The lowest BCUT2D eigenvalue weighted by molar-refractivity contribution is -0.159. The average Bonchev–Trinajstić information content (AvgIpc) is 2.62. The van der Waals surface area contributed by atoms with Crippen molar-refractivity contribution in [2.45, 2.75) is 19.1 Å². The molecule has 0 N–H and O–H groups in total. The van der Waals surface area contributed by atoms with Crippen molar-refractivity contribution in [1.29, 1.82) is 0 Å². The lowest BCUT2D eigenvalue weighted by Crippen LogP contribution is -2.53. The predicted molar refractivity (Wildman–Crippen MR) is 88.6 cm³/mol. The van der Waals surface area contributed by atoms with E-state index in [4.69, 9.17) is 21.1 Å². The van der Waals surface area contributed by atoms with Crippen molar-refractivity contribution >= 4 is 17.5 Å². The molecule has 0 unspecified atom stereocenters. The fourth-order valence-corrected chi connectivity index (χ4v) is 3.24. The van der Waals surface area contributed by atoms with Crippen molar-refractivity contribution in [3.8, 4) is 0 Å². The summed E-state index contributed by atoms with van der Waals surface area (Å²) in [6, 6.07) is 8.30. The number of nitrogens with zero attached hydrogens (tertiary/aromatic N) is 2. The molecule has 2 atom stereocenters. The fourth-order valence-electron chi connectivity index (χ4n) is 3.12. The SMILES string of the molecule is C[C@@H](c1ccc(Cl)cc1)N1CCN(C(=O)[C@@H]2COCCO2)CC1. The fraction of sp³-hybridized carbons (Fsp3) is 0.588. The Hall–Kier alpha value is -1.14. The average molecular weight is 339 g/mol. The molecule has 6 heteroatoms. The largest absolute Gasteiger partial charge is 0.376 e. The monoisotopic (exact) mass is 338 g/mol. The minimum absolute atomic E-state index is 0.0588. The molecule has 126 valence electrons. The van der Waals surface area contributed by atoms with Crippen molar-refractivity contribution in [1.82, 2.24) is 9.80 Å². The molecule has 0 spiro atoms. The van der Waals surface area contributed by atoms with Crippen molar-refractivity contribution in [2.24, 2.45) is 0 Å². The summed E-state index contributed by atoms with van der Waals surface area (Å²) in [7, 11) is 0. The van der Waals surface area contributed by atoms with E-state index in [1.165, 1.54) is 5.56 Å². The first kappa shape index (κ1) is 16.7. The Morgan fingerprint density at radius 3 is 2.48 bits per heavy atom. The molecule has 0 radical (unpaired) electrons. The lowest BCUT2D eigenvalue weighted by Gasteiger charge is -2.39. The van der Waals surface area contributed by atoms with E-state index in [1.54, 1.807) is 0 Å². The first-order chi connectivity index (χ1) is 11.1. The number of carbonyl (C=O) groups is 1. The molecule has 2 aliphatic heterocycles. The Kier molecular flexibility index (Phi) is 5.54. The molecule has 2 fully saturated rings. The number of rotatable bonds is 3. The van der Waals surface area contributed by atoms with Gasteiger partial charge in [-0.3, -0.25) is 9.69 Å². The van der Waals surface area contributed by atoms with Crippen molar-refractivity contribution < 1.29 is 14.3 Å². The molecule has 0 aromatic heterocycles. The number of amides is 1. The maximum atomic E-state index is 12.4. The highest BCUT2D eigenvalue weighted by molar-refractivity contribution is 6.30. The summed E-state index contributed by atoms with van der Waals surface area (Å²) in [6.07, 6.45) is -0.427. The van der Waals surface area contributed by atoms with Crippen LogP contribution >= 0.6 is 11.6 Å². The van der Waals surface area contributed by atoms with Crippen LogP contribution in [-0.2, 0) is 14.3 Å². The highest BCUT2D eigenvalue weighted by atomic mass is 35.5. The van der Waals surface area contributed by atoms with E-state index in [-0.39, 0.29) is 5.91 Å². The smallest absolute Gasteiger partial charge is 0.254 e. The molecule has 0 saturated carbocycles. The summed E-state index contributed by atoms with van der Waals surface area (Å²) >= 11 is 5.95. The van der Waals surface area contributed by atoms with Gasteiger partial charge in [0.15, 0.2) is 6.10 Å². The Balaban J connectivity index is 1.53. The van der Waals surface area contributed by atoms with Crippen LogP contribution in [0.1, 0.15) is 18.5 Å². The van der Waals surface area contributed by atoms with E-state index < -0.39 is 6.10 Å². The van der Waals surface area contributed by atoms with Crippen LogP contribution in [0.2, 0.25) is 5.02 Å². The van der Waals surface area contributed by atoms with Gasteiger partial charge in [-0.1, -0.05) is 23.7 Å². The number of hydrogen-bond acceptors (Lipinski definition) is 4. The zero-order chi connectivity index (χ0) is 16.2. The Bertz CT molecular complexity index is 523. The van der Waals surface area contributed by atoms with Gasteiger partial charge < -0.3 is 14.4 Å². The number of benzene rings is 1. The van der Waals surface area contributed by atoms with Gasteiger partial charge in [0.2, 0.25) is 0 Å². The number of ether oxygens (including phenoxy) is 2. The van der Waals surface area contributed by atoms with E-state index in [1.807, 2.05) is 17.0 Å². The molecule has 0 aliphatic carbocycles. The van der Waals surface area contributed by atoms with Gasteiger partial charge in [-0.15, -0.1) is 0 Å². The molecule has 0 bridgehead atoms. The van der Waals surface area contributed by atoms with E-state index in [9.17, 15) is 4.79 Å². The zero-order valence-electron chi connectivity index (χ0n) is 13.4. The minimum Gasteiger partial charge on any atom is -0.376 e. The molecule has 1 aromatic carbocycles. The van der Waals surface area contributed by atoms with Crippen molar-refractivity contribution in [2.75, 3.05) is 46.0 Å². The summed E-state index contributed by atoms with van der Waals surface area (Å²) in [5.41, 5.74) is 1.25.